The molecule has 0 atom stereocenters. The zero-order chi connectivity index (χ0) is 15.8. The highest BCUT2D eigenvalue weighted by atomic mass is 16.5. The van der Waals surface area contributed by atoms with Crippen LogP contribution in [0.25, 0.3) is 0 Å². The fourth-order valence-electron chi connectivity index (χ4n) is 1.68. The summed E-state index contributed by atoms with van der Waals surface area (Å²) in [4.78, 5) is 22.9. The Hall–Kier alpha value is -1.92. The molecule has 2 N–H and O–H groups in total. The van der Waals surface area contributed by atoms with E-state index in [-0.39, 0.29) is 18.8 Å². The van der Waals surface area contributed by atoms with Gasteiger partial charge in [0.2, 0.25) is 0 Å². The van der Waals surface area contributed by atoms with Crippen LogP contribution in [0.1, 0.15) is 25.3 Å². The minimum Gasteiger partial charge on any atom is -0.462 e. The summed E-state index contributed by atoms with van der Waals surface area (Å²) in [6.07, 6.45) is 1.08. The molecule has 0 spiro atoms. The van der Waals surface area contributed by atoms with Crippen LogP contribution in [0, 0.1) is 0 Å². The standard InChI is InChI=1S/C15H19BO5/c1-11(2)15(18)21-9-3-4-14(17)10-12-5-7-13(8-6-12)16(19)20/h5-8,19-20H,1,3-4,9-10H2,2H3. The second-order valence-electron chi connectivity index (χ2n) is 4.85. The molecule has 0 aliphatic heterocycles. The molecule has 5 nitrogen and oxygen atoms in total. The molecule has 0 aliphatic carbocycles. The molecule has 1 aromatic rings. The van der Waals surface area contributed by atoms with Crippen molar-refractivity contribution in [1.29, 1.82) is 0 Å². The Balaban J connectivity index is 2.30. The van der Waals surface area contributed by atoms with Crippen LogP contribution in [0.3, 0.4) is 0 Å². The molecule has 0 saturated heterocycles. The number of rotatable bonds is 8. The highest BCUT2D eigenvalue weighted by Crippen LogP contribution is 2.04. The average Bonchev–Trinajstić information content (AvgIpc) is 2.43. The van der Waals surface area contributed by atoms with Crippen LogP contribution in [0.5, 0.6) is 0 Å². The predicted octanol–water partition coefficient (Wildman–Crippen LogP) is 0.377. The third kappa shape index (κ3) is 6.38. The molecule has 0 amide bonds. The van der Waals surface area contributed by atoms with Crippen molar-refractivity contribution in [2.24, 2.45) is 0 Å². The van der Waals surface area contributed by atoms with Gasteiger partial charge in [-0.1, -0.05) is 30.8 Å². The normalized spacial score (nSPS) is 10.0. The predicted molar refractivity (Wildman–Crippen MR) is 80.0 cm³/mol. The fraction of sp³-hybridized carbons (Fsp3) is 0.333. The van der Waals surface area contributed by atoms with E-state index in [1.807, 2.05) is 0 Å². The first kappa shape index (κ1) is 17.1. The largest absolute Gasteiger partial charge is 0.488 e. The summed E-state index contributed by atoms with van der Waals surface area (Å²) >= 11 is 0. The van der Waals surface area contributed by atoms with E-state index in [4.69, 9.17) is 14.8 Å². The second-order valence-corrected chi connectivity index (χ2v) is 4.85. The maximum Gasteiger partial charge on any atom is 0.488 e. The smallest absolute Gasteiger partial charge is 0.462 e. The summed E-state index contributed by atoms with van der Waals surface area (Å²) in [7, 11) is -1.50. The Labute approximate surface area is 124 Å². The van der Waals surface area contributed by atoms with Gasteiger partial charge in [0.05, 0.1) is 6.61 Å². The van der Waals surface area contributed by atoms with Crippen molar-refractivity contribution < 1.29 is 24.4 Å². The maximum absolute atomic E-state index is 11.8. The number of esters is 1. The van der Waals surface area contributed by atoms with Crippen LogP contribution >= 0.6 is 0 Å². The van der Waals surface area contributed by atoms with Gasteiger partial charge in [-0.25, -0.2) is 4.79 Å². The van der Waals surface area contributed by atoms with Gasteiger partial charge in [0.15, 0.2) is 0 Å². The van der Waals surface area contributed by atoms with Gasteiger partial charge < -0.3 is 14.8 Å². The quantitative estimate of drug-likeness (QED) is 0.313. The zero-order valence-corrected chi connectivity index (χ0v) is 12.0. The number of carbonyl (C=O) groups excluding carboxylic acids is 2. The number of benzene rings is 1. The Morgan fingerprint density at radius 1 is 1.24 bits per heavy atom. The van der Waals surface area contributed by atoms with Crippen LogP contribution in [0.4, 0.5) is 0 Å². The van der Waals surface area contributed by atoms with Crippen molar-refractivity contribution in [3.05, 3.63) is 42.0 Å². The van der Waals surface area contributed by atoms with Crippen molar-refractivity contribution in [3.63, 3.8) is 0 Å². The minimum atomic E-state index is -1.50. The third-order valence-electron chi connectivity index (χ3n) is 2.86. The van der Waals surface area contributed by atoms with Crippen molar-refractivity contribution in [2.45, 2.75) is 26.2 Å². The molecule has 6 heteroatoms. The van der Waals surface area contributed by atoms with Gasteiger partial charge in [0.1, 0.15) is 5.78 Å². The summed E-state index contributed by atoms with van der Waals surface area (Å²) in [6.45, 7) is 5.24. The van der Waals surface area contributed by atoms with Crippen molar-refractivity contribution in [2.75, 3.05) is 6.61 Å². The van der Waals surface area contributed by atoms with E-state index in [0.29, 0.717) is 23.9 Å². The highest BCUT2D eigenvalue weighted by Gasteiger charge is 2.11. The first-order chi connectivity index (χ1) is 9.90. The molecule has 0 unspecified atom stereocenters. The summed E-state index contributed by atoms with van der Waals surface area (Å²) in [5, 5.41) is 17.9. The molecule has 112 valence electrons. The van der Waals surface area contributed by atoms with Crippen molar-refractivity contribution >= 4 is 24.3 Å². The van der Waals surface area contributed by atoms with Crippen LogP contribution in [-0.4, -0.2) is 35.5 Å². The minimum absolute atomic E-state index is 0.0404. The molecule has 21 heavy (non-hydrogen) atoms. The van der Waals surface area contributed by atoms with E-state index < -0.39 is 13.1 Å². The van der Waals surface area contributed by atoms with Crippen LogP contribution in [-0.2, 0) is 20.7 Å². The van der Waals surface area contributed by atoms with Gasteiger partial charge in [0, 0.05) is 18.4 Å². The number of hydrogen-bond donors (Lipinski definition) is 2. The van der Waals surface area contributed by atoms with E-state index in [0.717, 1.165) is 5.56 Å². The Morgan fingerprint density at radius 2 is 1.86 bits per heavy atom. The number of ether oxygens (including phenoxy) is 1. The lowest BCUT2D eigenvalue weighted by Crippen LogP contribution is -2.29. The topological polar surface area (TPSA) is 83.8 Å². The molecule has 0 fully saturated rings. The Bertz CT molecular complexity index is 507. The molecule has 0 saturated carbocycles. The van der Waals surface area contributed by atoms with Gasteiger partial charge in [-0.3, -0.25) is 4.79 Å². The van der Waals surface area contributed by atoms with E-state index in [1.165, 1.54) is 0 Å². The molecular weight excluding hydrogens is 271 g/mol. The first-order valence-corrected chi connectivity index (χ1v) is 6.69. The number of ketones is 1. The van der Waals surface area contributed by atoms with Crippen molar-refractivity contribution in [1.82, 2.24) is 0 Å². The van der Waals surface area contributed by atoms with E-state index in [2.05, 4.69) is 6.58 Å². The first-order valence-electron chi connectivity index (χ1n) is 6.69. The summed E-state index contributed by atoms with van der Waals surface area (Å²) < 4.78 is 4.90. The van der Waals surface area contributed by atoms with Crippen LogP contribution < -0.4 is 5.46 Å². The monoisotopic (exact) mass is 290 g/mol. The molecular formula is C15H19BO5. The Morgan fingerprint density at radius 3 is 2.38 bits per heavy atom. The lowest BCUT2D eigenvalue weighted by molar-refractivity contribution is -0.139. The highest BCUT2D eigenvalue weighted by molar-refractivity contribution is 6.58. The maximum atomic E-state index is 11.8. The molecule has 0 heterocycles. The number of hydrogen-bond acceptors (Lipinski definition) is 5. The lowest BCUT2D eigenvalue weighted by atomic mass is 9.80. The van der Waals surface area contributed by atoms with Gasteiger partial charge in [-0.2, -0.15) is 0 Å². The molecule has 0 bridgehead atoms. The Kier molecular flexibility index (Phi) is 6.85. The van der Waals surface area contributed by atoms with Gasteiger partial charge >= 0.3 is 13.1 Å². The second kappa shape index (κ2) is 8.39. The van der Waals surface area contributed by atoms with Gasteiger partial charge in [0.25, 0.3) is 0 Å². The van der Waals surface area contributed by atoms with Gasteiger partial charge in [-0.15, -0.1) is 0 Å². The van der Waals surface area contributed by atoms with Crippen molar-refractivity contribution in [3.8, 4) is 0 Å². The summed E-state index contributed by atoms with van der Waals surface area (Å²) in [5.41, 5.74) is 1.54. The van der Waals surface area contributed by atoms with Gasteiger partial charge in [-0.05, 0) is 24.4 Å². The molecule has 1 aromatic carbocycles. The number of Topliss-reactive ketones (excluding diaryl/α,β-unsaturated/α-hetero) is 1. The fourth-order valence-corrected chi connectivity index (χ4v) is 1.68. The molecule has 1 rings (SSSR count). The number of carbonyl (C=O) groups is 2. The van der Waals surface area contributed by atoms with Crippen LogP contribution in [0.15, 0.2) is 36.4 Å². The SMILES string of the molecule is C=C(C)C(=O)OCCCC(=O)Cc1ccc(B(O)O)cc1. The zero-order valence-electron chi connectivity index (χ0n) is 12.0. The molecule has 0 aliphatic rings. The third-order valence-corrected chi connectivity index (χ3v) is 2.86. The van der Waals surface area contributed by atoms with E-state index in [1.54, 1.807) is 31.2 Å². The van der Waals surface area contributed by atoms with E-state index in [9.17, 15) is 9.59 Å². The molecule has 0 radical (unpaired) electrons. The molecule has 0 aromatic heterocycles. The average molecular weight is 290 g/mol. The summed E-state index contributed by atoms with van der Waals surface area (Å²) in [6, 6.07) is 6.52. The summed E-state index contributed by atoms with van der Waals surface area (Å²) in [5.74, 6) is -0.403. The van der Waals surface area contributed by atoms with E-state index >= 15 is 0 Å². The van der Waals surface area contributed by atoms with Crippen LogP contribution in [0.2, 0.25) is 0 Å². The lowest BCUT2D eigenvalue weighted by Gasteiger charge is -2.05.